The van der Waals surface area contributed by atoms with Gasteiger partial charge in [-0.15, -0.1) is 0 Å². The lowest BCUT2D eigenvalue weighted by atomic mass is 10.2. The number of aromatic nitrogens is 1. The molecule has 0 saturated heterocycles. The molecule has 0 N–H and O–H groups in total. The average Bonchev–Trinajstić information content (AvgIpc) is 2.34. The Balaban J connectivity index is 2.61. The van der Waals surface area contributed by atoms with Gasteiger partial charge in [0.15, 0.2) is 0 Å². The molecule has 0 aliphatic carbocycles. The van der Waals surface area contributed by atoms with Crippen molar-refractivity contribution in [3.05, 3.63) is 30.5 Å². The standard InChI is InChI=1S/C8H7NO/c1-6-5-10-8-7(6)3-2-4-9-8/h2-4H,1,5H2. The highest BCUT2D eigenvalue weighted by atomic mass is 16.5. The van der Waals surface area contributed by atoms with E-state index >= 15 is 0 Å². The third-order valence-corrected chi connectivity index (χ3v) is 1.54. The van der Waals surface area contributed by atoms with Crippen molar-refractivity contribution in [1.82, 2.24) is 4.98 Å². The summed E-state index contributed by atoms with van der Waals surface area (Å²) in [7, 11) is 0. The summed E-state index contributed by atoms with van der Waals surface area (Å²) in [5.74, 6) is 0.715. The van der Waals surface area contributed by atoms with Crippen LogP contribution in [0.2, 0.25) is 0 Å². The lowest BCUT2D eigenvalue weighted by Gasteiger charge is -1.92. The van der Waals surface area contributed by atoms with Crippen LogP contribution in [0, 0.1) is 0 Å². The fourth-order valence-corrected chi connectivity index (χ4v) is 1.01. The highest BCUT2D eigenvalue weighted by Gasteiger charge is 2.15. The normalized spacial score (nSPS) is 14.6. The Morgan fingerprint density at radius 2 is 2.50 bits per heavy atom. The van der Waals surface area contributed by atoms with Crippen molar-refractivity contribution in [2.75, 3.05) is 6.61 Å². The second-order valence-electron chi connectivity index (χ2n) is 2.25. The minimum Gasteiger partial charge on any atom is -0.472 e. The quantitative estimate of drug-likeness (QED) is 0.535. The van der Waals surface area contributed by atoms with Gasteiger partial charge in [-0.1, -0.05) is 6.58 Å². The van der Waals surface area contributed by atoms with Gasteiger partial charge in [-0.3, -0.25) is 0 Å². The summed E-state index contributed by atoms with van der Waals surface area (Å²) in [5.41, 5.74) is 2.06. The molecule has 2 heteroatoms. The van der Waals surface area contributed by atoms with Crippen LogP contribution in [0.5, 0.6) is 5.88 Å². The van der Waals surface area contributed by atoms with Crippen molar-refractivity contribution in [1.29, 1.82) is 0 Å². The Morgan fingerprint density at radius 3 is 3.30 bits per heavy atom. The first-order valence-electron chi connectivity index (χ1n) is 3.14. The van der Waals surface area contributed by atoms with Crippen molar-refractivity contribution in [3.63, 3.8) is 0 Å². The molecule has 0 fully saturated rings. The van der Waals surface area contributed by atoms with E-state index in [9.17, 15) is 0 Å². The Labute approximate surface area is 59.2 Å². The van der Waals surface area contributed by atoms with Gasteiger partial charge < -0.3 is 4.74 Å². The molecular formula is C8H7NO. The van der Waals surface area contributed by atoms with Crippen LogP contribution in [-0.2, 0) is 0 Å². The summed E-state index contributed by atoms with van der Waals surface area (Å²) in [6, 6.07) is 3.86. The molecule has 50 valence electrons. The Morgan fingerprint density at radius 1 is 1.60 bits per heavy atom. The second-order valence-corrected chi connectivity index (χ2v) is 2.25. The van der Waals surface area contributed by atoms with Crippen molar-refractivity contribution in [2.24, 2.45) is 0 Å². The fraction of sp³-hybridized carbons (Fsp3) is 0.125. The van der Waals surface area contributed by atoms with Gasteiger partial charge in [0.05, 0.1) is 0 Å². The number of nitrogens with zero attached hydrogens (tertiary/aromatic N) is 1. The van der Waals surface area contributed by atoms with Gasteiger partial charge in [-0.25, -0.2) is 4.98 Å². The van der Waals surface area contributed by atoms with E-state index in [4.69, 9.17) is 4.74 Å². The highest BCUT2D eigenvalue weighted by molar-refractivity contribution is 5.71. The summed E-state index contributed by atoms with van der Waals surface area (Å²) < 4.78 is 5.20. The maximum Gasteiger partial charge on any atom is 0.221 e. The minimum absolute atomic E-state index is 0.590. The number of hydrogen-bond acceptors (Lipinski definition) is 2. The smallest absolute Gasteiger partial charge is 0.221 e. The zero-order chi connectivity index (χ0) is 6.97. The van der Waals surface area contributed by atoms with Crippen molar-refractivity contribution >= 4 is 5.57 Å². The average molecular weight is 133 g/mol. The maximum atomic E-state index is 5.20. The van der Waals surface area contributed by atoms with E-state index in [0.717, 1.165) is 11.1 Å². The topological polar surface area (TPSA) is 22.1 Å². The number of pyridine rings is 1. The summed E-state index contributed by atoms with van der Waals surface area (Å²) in [6.07, 6.45) is 1.72. The van der Waals surface area contributed by atoms with E-state index < -0.39 is 0 Å². The van der Waals surface area contributed by atoms with Crippen LogP contribution in [0.25, 0.3) is 5.57 Å². The molecule has 0 atom stereocenters. The summed E-state index contributed by atoms with van der Waals surface area (Å²) in [5, 5.41) is 0. The molecular weight excluding hydrogens is 126 g/mol. The molecule has 1 aliphatic rings. The van der Waals surface area contributed by atoms with Crippen LogP contribution in [0.4, 0.5) is 0 Å². The van der Waals surface area contributed by atoms with Crippen molar-refractivity contribution in [3.8, 4) is 5.88 Å². The van der Waals surface area contributed by atoms with Gasteiger partial charge in [0.1, 0.15) is 6.61 Å². The number of fused-ring (bicyclic) bond motifs is 1. The molecule has 1 aromatic rings. The predicted molar refractivity (Wildman–Crippen MR) is 38.8 cm³/mol. The SMILES string of the molecule is C=C1COc2ncccc21. The molecule has 0 radical (unpaired) electrons. The number of rotatable bonds is 0. The molecule has 2 nitrogen and oxygen atoms in total. The number of hydrogen-bond donors (Lipinski definition) is 0. The van der Waals surface area contributed by atoms with E-state index in [-0.39, 0.29) is 0 Å². The molecule has 1 aromatic heterocycles. The van der Waals surface area contributed by atoms with Gasteiger partial charge >= 0.3 is 0 Å². The maximum absolute atomic E-state index is 5.20. The Hall–Kier alpha value is -1.31. The van der Waals surface area contributed by atoms with Crippen molar-refractivity contribution in [2.45, 2.75) is 0 Å². The molecule has 10 heavy (non-hydrogen) atoms. The first-order chi connectivity index (χ1) is 4.88. The van der Waals surface area contributed by atoms with E-state index in [1.807, 2.05) is 12.1 Å². The van der Waals surface area contributed by atoms with Gasteiger partial charge in [-0.05, 0) is 17.7 Å². The predicted octanol–water partition coefficient (Wildman–Crippen LogP) is 1.49. The van der Waals surface area contributed by atoms with E-state index in [1.54, 1.807) is 6.20 Å². The molecule has 2 rings (SSSR count). The Kier molecular flexibility index (Phi) is 1.01. The largest absolute Gasteiger partial charge is 0.472 e. The number of ether oxygens (including phenoxy) is 1. The van der Waals surface area contributed by atoms with Crippen LogP contribution >= 0.6 is 0 Å². The zero-order valence-electron chi connectivity index (χ0n) is 5.50. The molecule has 0 amide bonds. The monoisotopic (exact) mass is 133 g/mol. The van der Waals surface area contributed by atoms with Gasteiger partial charge in [0.2, 0.25) is 5.88 Å². The van der Waals surface area contributed by atoms with Crippen LogP contribution < -0.4 is 4.74 Å². The van der Waals surface area contributed by atoms with Gasteiger partial charge in [-0.2, -0.15) is 0 Å². The van der Waals surface area contributed by atoms with Crippen LogP contribution in [0.1, 0.15) is 5.56 Å². The van der Waals surface area contributed by atoms with E-state index in [0.29, 0.717) is 12.5 Å². The zero-order valence-corrected chi connectivity index (χ0v) is 5.50. The molecule has 0 spiro atoms. The first kappa shape index (κ1) is 5.47. The molecule has 0 saturated carbocycles. The molecule has 0 aromatic carbocycles. The highest BCUT2D eigenvalue weighted by Crippen LogP contribution is 2.28. The molecule has 1 aliphatic heterocycles. The Bertz CT molecular complexity index is 280. The second kappa shape index (κ2) is 1.84. The lowest BCUT2D eigenvalue weighted by Crippen LogP contribution is -1.86. The summed E-state index contributed by atoms with van der Waals surface area (Å²) in [6.45, 7) is 4.42. The fourth-order valence-electron chi connectivity index (χ4n) is 1.01. The molecule has 0 unspecified atom stereocenters. The van der Waals surface area contributed by atoms with Crippen LogP contribution in [0.15, 0.2) is 24.9 Å². The molecule has 0 bridgehead atoms. The minimum atomic E-state index is 0.590. The van der Waals surface area contributed by atoms with Crippen LogP contribution in [-0.4, -0.2) is 11.6 Å². The van der Waals surface area contributed by atoms with E-state index in [1.165, 1.54) is 0 Å². The van der Waals surface area contributed by atoms with Gasteiger partial charge in [0.25, 0.3) is 0 Å². The van der Waals surface area contributed by atoms with Crippen LogP contribution in [0.3, 0.4) is 0 Å². The molecule has 2 heterocycles. The summed E-state index contributed by atoms with van der Waals surface area (Å²) in [4.78, 5) is 4.03. The third kappa shape index (κ3) is 0.620. The van der Waals surface area contributed by atoms with E-state index in [2.05, 4.69) is 11.6 Å². The van der Waals surface area contributed by atoms with Crippen molar-refractivity contribution < 1.29 is 4.74 Å². The first-order valence-corrected chi connectivity index (χ1v) is 3.14. The third-order valence-electron chi connectivity index (χ3n) is 1.54. The summed E-state index contributed by atoms with van der Waals surface area (Å²) >= 11 is 0. The lowest BCUT2D eigenvalue weighted by molar-refractivity contribution is 0.374. The van der Waals surface area contributed by atoms with Gasteiger partial charge in [0, 0.05) is 11.8 Å².